The summed E-state index contributed by atoms with van der Waals surface area (Å²) < 4.78 is 11.0. The lowest BCUT2D eigenvalue weighted by atomic mass is 9.76. The Bertz CT molecular complexity index is 799. The summed E-state index contributed by atoms with van der Waals surface area (Å²) in [5.74, 6) is 2.92. The molecule has 3 N–H and O–H groups in total. The van der Waals surface area contributed by atoms with Gasteiger partial charge in [-0.1, -0.05) is 30.3 Å². The minimum Gasteiger partial charge on any atom is -0.497 e. The minimum absolute atomic E-state index is 0.0710. The van der Waals surface area contributed by atoms with Gasteiger partial charge in [-0.05, 0) is 42.5 Å². The zero-order valence-electron chi connectivity index (χ0n) is 15.0. The number of para-hydroxylation sites is 1. The van der Waals surface area contributed by atoms with Gasteiger partial charge in [-0.25, -0.2) is 4.99 Å². The average molecular weight is 351 g/mol. The number of hydrogen-bond acceptors (Lipinski definition) is 3. The fourth-order valence-corrected chi connectivity index (χ4v) is 3.77. The third-order valence-electron chi connectivity index (χ3n) is 5.28. The number of nitrogens with zero attached hydrogens (tertiary/aromatic N) is 1. The molecule has 0 aromatic heterocycles. The first kappa shape index (κ1) is 16.8. The number of benzene rings is 2. The summed E-state index contributed by atoms with van der Waals surface area (Å²) in [5, 5.41) is 3.38. The second-order valence-corrected chi connectivity index (χ2v) is 6.99. The lowest BCUT2D eigenvalue weighted by Crippen LogP contribution is -2.46. The Morgan fingerprint density at radius 1 is 1.19 bits per heavy atom. The molecule has 1 aliphatic carbocycles. The molecule has 1 aliphatic heterocycles. The molecule has 1 unspecified atom stereocenters. The van der Waals surface area contributed by atoms with Gasteiger partial charge < -0.3 is 20.5 Å². The van der Waals surface area contributed by atoms with Gasteiger partial charge in [-0.3, -0.25) is 0 Å². The molecule has 2 aromatic carbocycles. The molecule has 26 heavy (non-hydrogen) atoms. The van der Waals surface area contributed by atoms with Crippen LogP contribution in [-0.2, 0) is 0 Å². The first-order valence-corrected chi connectivity index (χ1v) is 9.18. The van der Waals surface area contributed by atoms with Crippen LogP contribution in [0.4, 0.5) is 0 Å². The number of ether oxygens (including phenoxy) is 2. The Morgan fingerprint density at radius 3 is 2.88 bits per heavy atom. The van der Waals surface area contributed by atoms with Crippen LogP contribution in [0.5, 0.6) is 11.5 Å². The highest BCUT2D eigenvalue weighted by atomic mass is 16.5. The molecule has 1 heterocycles. The van der Waals surface area contributed by atoms with E-state index in [2.05, 4.69) is 23.5 Å². The minimum atomic E-state index is 0.0710. The van der Waals surface area contributed by atoms with Gasteiger partial charge in [0.05, 0.1) is 19.8 Å². The van der Waals surface area contributed by atoms with E-state index in [-0.39, 0.29) is 6.04 Å². The van der Waals surface area contributed by atoms with Gasteiger partial charge in [-0.15, -0.1) is 0 Å². The maximum Gasteiger partial charge on any atom is 0.189 e. The van der Waals surface area contributed by atoms with Crippen molar-refractivity contribution in [2.24, 2.45) is 10.7 Å². The molecule has 5 heteroatoms. The van der Waals surface area contributed by atoms with Crippen LogP contribution in [0.25, 0.3) is 0 Å². The standard InChI is InChI=1S/C21H25N3O2/c1-25-17-6-4-5-14(13-17)15-11-16(12-15)23-21(22)24-19-9-10-26-20-8-3-2-7-18(19)20/h2-8,13,15-16,19H,9-12H2,1H3,(H3,22,23,24). The van der Waals surface area contributed by atoms with E-state index in [9.17, 15) is 0 Å². The van der Waals surface area contributed by atoms with Gasteiger partial charge in [0.2, 0.25) is 0 Å². The molecule has 1 saturated carbocycles. The normalized spacial score (nSPS) is 24.8. The van der Waals surface area contributed by atoms with Crippen molar-refractivity contribution in [3.8, 4) is 11.5 Å². The summed E-state index contributed by atoms with van der Waals surface area (Å²) in [6.07, 6.45) is 2.98. The maximum atomic E-state index is 6.18. The maximum absolute atomic E-state index is 6.18. The van der Waals surface area contributed by atoms with Crippen LogP contribution in [-0.4, -0.2) is 25.7 Å². The van der Waals surface area contributed by atoms with Crippen LogP contribution in [0.3, 0.4) is 0 Å². The van der Waals surface area contributed by atoms with Gasteiger partial charge in [0.15, 0.2) is 5.96 Å². The summed E-state index contributed by atoms with van der Waals surface area (Å²) in [7, 11) is 1.70. The van der Waals surface area contributed by atoms with Gasteiger partial charge >= 0.3 is 0 Å². The molecule has 1 fully saturated rings. The molecular weight excluding hydrogens is 326 g/mol. The van der Waals surface area contributed by atoms with Crippen molar-refractivity contribution in [1.82, 2.24) is 5.32 Å². The van der Waals surface area contributed by atoms with Crippen molar-refractivity contribution in [2.75, 3.05) is 13.7 Å². The van der Waals surface area contributed by atoms with E-state index in [1.807, 2.05) is 30.3 Å². The third kappa shape index (κ3) is 3.47. The highest BCUT2D eigenvalue weighted by Crippen LogP contribution is 2.38. The Hall–Kier alpha value is -2.69. The molecular formula is C21H25N3O2. The van der Waals surface area contributed by atoms with Gasteiger partial charge in [0.25, 0.3) is 0 Å². The van der Waals surface area contributed by atoms with Crippen molar-refractivity contribution in [3.05, 3.63) is 59.7 Å². The number of nitrogens with one attached hydrogen (secondary N) is 1. The topological polar surface area (TPSA) is 68.9 Å². The van der Waals surface area contributed by atoms with E-state index in [0.717, 1.165) is 36.3 Å². The fraction of sp³-hybridized carbons (Fsp3) is 0.381. The zero-order valence-corrected chi connectivity index (χ0v) is 15.0. The molecule has 136 valence electrons. The van der Waals surface area contributed by atoms with Gasteiger partial charge in [0.1, 0.15) is 11.5 Å². The smallest absolute Gasteiger partial charge is 0.189 e. The number of guanidine groups is 1. The average Bonchev–Trinajstić information content (AvgIpc) is 2.64. The largest absolute Gasteiger partial charge is 0.497 e. The van der Waals surface area contributed by atoms with Crippen LogP contribution < -0.4 is 20.5 Å². The van der Waals surface area contributed by atoms with Crippen molar-refractivity contribution >= 4 is 5.96 Å². The number of fused-ring (bicyclic) bond motifs is 1. The van der Waals surface area contributed by atoms with E-state index in [4.69, 9.17) is 20.2 Å². The van der Waals surface area contributed by atoms with Crippen LogP contribution >= 0.6 is 0 Å². The van der Waals surface area contributed by atoms with Crippen LogP contribution in [0.15, 0.2) is 53.5 Å². The quantitative estimate of drug-likeness (QED) is 0.655. The summed E-state index contributed by atoms with van der Waals surface area (Å²) >= 11 is 0. The number of rotatable bonds is 4. The molecule has 4 rings (SSSR count). The second kappa shape index (κ2) is 7.28. The molecule has 5 nitrogen and oxygen atoms in total. The predicted octanol–water partition coefficient (Wildman–Crippen LogP) is 3.37. The number of aliphatic imine (C=N–C) groups is 1. The van der Waals surface area contributed by atoms with Crippen LogP contribution in [0.2, 0.25) is 0 Å². The van der Waals surface area contributed by atoms with Crippen LogP contribution in [0, 0.1) is 0 Å². The van der Waals surface area contributed by atoms with E-state index in [1.165, 1.54) is 5.56 Å². The Labute approximate surface area is 154 Å². The molecule has 1 atom stereocenters. The van der Waals surface area contributed by atoms with E-state index >= 15 is 0 Å². The zero-order chi connectivity index (χ0) is 17.9. The van der Waals surface area contributed by atoms with Gasteiger partial charge in [-0.2, -0.15) is 0 Å². The van der Waals surface area contributed by atoms with Gasteiger partial charge in [0, 0.05) is 18.0 Å². The first-order valence-electron chi connectivity index (χ1n) is 9.18. The number of hydrogen-bond donors (Lipinski definition) is 2. The van der Waals surface area contributed by atoms with E-state index < -0.39 is 0 Å². The second-order valence-electron chi connectivity index (χ2n) is 6.99. The fourth-order valence-electron chi connectivity index (χ4n) is 3.77. The third-order valence-corrected chi connectivity index (χ3v) is 5.28. The monoisotopic (exact) mass is 351 g/mol. The highest BCUT2D eigenvalue weighted by Gasteiger charge is 2.31. The summed E-state index contributed by atoms with van der Waals surface area (Å²) in [4.78, 5) is 4.71. The van der Waals surface area contributed by atoms with Crippen molar-refractivity contribution < 1.29 is 9.47 Å². The molecule has 0 amide bonds. The summed E-state index contributed by atoms with van der Waals surface area (Å²) in [6.45, 7) is 0.680. The lowest BCUT2D eigenvalue weighted by Gasteiger charge is -2.36. The van der Waals surface area contributed by atoms with Crippen LogP contribution in [0.1, 0.15) is 42.3 Å². The summed E-state index contributed by atoms with van der Waals surface area (Å²) in [6, 6.07) is 16.8. The van der Waals surface area contributed by atoms with Crippen molar-refractivity contribution in [1.29, 1.82) is 0 Å². The Kier molecular flexibility index (Phi) is 4.69. The Morgan fingerprint density at radius 2 is 2.04 bits per heavy atom. The highest BCUT2D eigenvalue weighted by molar-refractivity contribution is 5.78. The Balaban J connectivity index is 1.35. The molecule has 0 bridgehead atoms. The SMILES string of the molecule is COc1cccc(C2CC(NC(N)=NC3CCOc4ccccc43)C2)c1. The van der Waals surface area contributed by atoms with E-state index in [1.54, 1.807) is 7.11 Å². The number of methoxy groups -OCH3 is 1. The van der Waals surface area contributed by atoms with E-state index in [0.29, 0.717) is 24.5 Å². The molecule has 0 radical (unpaired) electrons. The molecule has 0 saturated heterocycles. The van der Waals surface area contributed by atoms with Crippen molar-refractivity contribution in [3.63, 3.8) is 0 Å². The molecule has 2 aliphatic rings. The molecule has 2 aromatic rings. The molecule has 0 spiro atoms. The predicted molar refractivity (Wildman–Crippen MR) is 103 cm³/mol. The first-order chi connectivity index (χ1) is 12.7. The van der Waals surface area contributed by atoms with Crippen molar-refractivity contribution in [2.45, 2.75) is 37.3 Å². The summed E-state index contributed by atoms with van der Waals surface area (Å²) in [5.41, 5.74) is 8.63. The lowest BCUT2D eigenvalue weighted by molar-refractivity contribution is 0.269. The number of nitrogens with two attached hydrogens (primary N) is 1.